The molecule has 6 nitrogen and oxygen atoms in total. The Morgan fingerprint density at radius 1 is 0.892 bits per heavy atom. The van der Waals surface area contributed by atoms with Crippen molar-refractivity contribution in [2.24, 2.45) is 5.41 Å². The fraction of sp³-hybridized carbons (Fsp3) is 0.200. The molecule has 6 rings (SSSR count). The summed E-state index contributed by atoms with van der Waals surface area (Å²) in [5.41, 5.74) is 0.764. The molecule has 1 spiro atoms. The summed E-state index contributed by atoms with van der Waals surface area (Å²) in [4.78, 5) is 55.7. The first kappa shape index (κ1) is 23.0. The summed E-state index contributed by atoms with van der Waals surface area (Å²) in [7, 11) is 0. The van der Waals surface area contributed by atoms with Crippen molar-refractivity contribution in [1.82, 2.24) is 0 Å². The van der Waals surface area contributed by atoms with Gasteiger partial charge in [0.05, 0.1) is 17.8 Å². The molecule has 184 valence electrons. The quantitative estimate of drug-likeness (QED) is 0.529. The average Bonchev–Trinajstić information content (AvgIpc) is 3.31. The normalized spacial score (nSPS) is 22.6. The minimum atomic E-state index is -1.74. The molecule has 3 aromatic rings. The van der Waals surface area contributed by atoms with Crippen LogP contribution < -0.4 is 10.2 Å². The number of carbonyl (C=O) groups is 4. The van der Waals surface area contributed by atoms with E-state index in [1.165, 1.54) is 19.9 Å². The molecule has 2 aliphatic heterocycles. The maximum Gasteiger partial charge on any atom is 0.221 e. The standard InChI is InChI=1S/C30H23FN2O4/c1-16(34)27-26(20-10-5-6-11-22(20)31)30(28(36)18-8-3-4-9-19(18)29(30)37)25-15-14-21-23(32-17(2)35)12-7-13-24(21)33(25)27/h3-15,25-27H,1-2H3,(H,32,35)/t25-,26+,27+/m1/s1. The molecule has 0 bridgehead atoms. The number of fused-ring (bicyclic) bond motifs is 5. The van der Waals surface area contributed by atoms with Gasteiger partial charge in [-0.05, 0) is 30.7 Å². The number of benzene rings is 3. The first-order valence-electron chi connectivity index (χ1n) is 12.1. The molecule has 3 atom stereocenters. The van der Waals surface area contributed by atoms with E-state index < -0.39 is 40.8 Å². The van der Waals surface area contributed by atoms with E-state index in [4.69, 9.17) is 0 Å². The summed E-state index contributed by atoms with van der Waals surface area (Å²) >= 11 is 0. The predicted octanol–water partition coefficient (Wildman–Crippen LogP) is 4.81. The monoisotopic (exact) mass is 494 g/mol. The van der Waals surface area contributed by atoms with Gasteiger partial charge in [-0.15, -0.1) is 0 Å². The lowest BCUT2D eigenvalue weighted by Crippen LogP contribution is -2.48. The van der Waals surface area contributed by atoms with Crippen LogP contribution in [0.1, 0.15) is 51.6 Å². The van der Waals surface area contributed by atoms with Crippen LogP contribution in [0, 0.1) is 11.2 Å². The molecule has 0 saturated carbocycles. The molecule has 7 heteroatoms. The van der Waals surface area contributed by atoms with E-state index in [1.807, 2.05) is 0 Å². The second-order valence-electron chi connectivity index (χ2n) is 9.76. The Kier molecular flexibility index (Phi) is 5.02. The van der Waals surface area contributed by atoms with Gasteiger partial charge in [-0.1, -0.05) is 60.7 Å². The first-order chi connectivity index (χ1) is 17.8. The summed E-state index contributed by atoms with van der Waals surface area (Å²) in [5, 5.41) is 2.81. The van der Waals surface area contributed by atoms with Crippen LogP contribution in [0.4, 0.5) is 15.8 Å². The summed E-state index contributed by atoms with van der Waals surface area (Å²) < 4.78 is 15.5. The topological polar surface area (TPSA) is 83.6 Å². The third-order valence-electron chi connectivity index (χ3n) is 7.81. The molecule has 3 aliphatic rings. The molecule has 0 radical (unpaired) electrons. The lowest BCUT2D eigenvalue weighted by molar-refractivity contribution is -0.118. The minimum Gasteiger partial charge on any atom is -0.352 e. The van der Waals surface area contributed by atoms with E-state index in [0.717, 1.165) is 0 Å². The Morgan fingerprint density at radius 2 is 1.54 bits per heavy atom. The number of rotatable bonds is 3. The van der Waals surface area contributed by atoms with Crippen LogP contribution in [0.15, 0.2) is 72.8 Å². The van der Waals surface area contributed by atoms with Gasteiger partial charge in [0.2, 0.25) is 5.91 Å². The van der Waals surface area contributed by atoms with Crippen LogP contribution >= 0.6 is 0 Å². The second-order valence-corrected chi connectivity index (χ2v) is 9.76. The maximum atomic E-state index is 15.5. The number of Topliss-reactive ketones (excluding diaryl/α,β-unsaturated/α-hetero) is 3. The number of anilines is 2. The molecular formula is C30H23FN2O4. The molecule has 1 saturated heterocycles. The van der Waals surface area contributed by atoms with Gasteiger partial charge in [0.1, 0.15) is 11.2 Å². The van der Waals surface area contributed by atoms with Crippen LogP contribution in [0.25, 0.3) is 6.08 Å². The van der Waals surface area contributed by atoms with Crippen molar-refractivity contribution in [3.63, 3.8) is 0 Å². The van der Waals surface area contributed by atoms with Crippen LogP contribution in [0.5, 0.6) is 0 Å². The number of hydrogen-bond acceptors (Lipinski definition) is 5. The first-order valence-corrected chi connectivity index (χ1v) is 12.1. The van der Waals surface area contributed by atoms with Crippen molar-refractivity contribution in [1.29, 1.82) is 0 Å². The maximum absolute atomic E-state index is 15.5. The van der Waals surface area contributed by atoms with Gasteiger partial charge in [0.15, 0.2) is 17.3 Å². The highest BCUT2D eigenvalue weighted by atomic mass is 19.1. The van der Waals surface area contributed by atoms with Crippen LogP contribution in [0.3, 0.4) is 0 Å². The highest BCUT2D eigenvalue weighted by Crippen LogP contribution is 2.61. The minimum absolute atomic E-state index is 0.152. The van der Waals surface area contributed by atoms with E-state index >= 15 is 4.39 Å². The van der Waals surface area contributed by atoms with Crippen molar-refractivity contribution in [3.8, 4) is 0 Å². The number of hydrogen-bond donors (Lipinski definition) is 1. The Morgan fingerprint density at radius 3 is 2.16 bits per heavy atom. The largest absolute Gasteiger partial charge is 0.352 e. The van der Waals surface area contributed by atoms with Gasteiger partial charge >= 0.3 is 0 Å². The second kappa shape index (κ2) is 8.06. The lowest BCUT2D eigenvalue weighted by atomic mass is 9.64. The van der Waals surface area contributed by atoms with Crippen molar-refractivity contribution >= 4 is 40.7 Å². The SMILES string of the molecule is CC(=O)Nc1cccc2c1C=C[C@H]1N2[C@@H](C(C)=O)[C@H](c2ccccc2F)C12C(=O)c1ccccc1C2=O. The van der Waals surface area contributed by atoms with E-state index in [9.17, 15) is 19.2 Å². The fourth-order valence-electron chi connectivity index (χ4n) is 6.52. The highest BCUT2D eigenvalue weighted by Gasteiger charge is 2.71. The van der Waals surface area contributed by atoms with Gasteiger partial charge in [-0.2, -0.15) is 0 Å². The molecule has 3 aromatic carbocycles. The highest BCUT2D eigenvalue weighted by molar-refractivity contribution is 6.32. The summed E-state index contributed by atoms with van der Waals surface area (Å²) in [6.07, 6.45) is 3.51. The van der Waals surface area contributed by atoms with Crippen molar-refractivity contribution < 1.29 is 23.6 Å². The van der Waals surface area contributed by atoms with Gasteiger partial charge in [0, 0.05) is 35.2 Å². The zero-order chi connectivity index (χ0) is 26.1. The Labute approximate surface area is 212 Å². The molecule has 1 amide bonds. The molecule has 2 heterocycles. The van der Waals surface area contributed by atoms with E-state index in [1.54, 1.807) is 77.7 Å². The Balaban J connectivity index is 1.67. The number of amides is 1. The molecule has 37 heavy (non-hydrogen) atoms. The zero-order valence-corrected chi connectivity index (χ0v) is 20.2. The van der Waals surface area contributed by atoms with Crippen molar-refractivity contribution in [2.45, 2.75) is 31.8 Å². The number of ketones is 3. The smallest absolute Gasteiger partial charge is 0.221 e. The van der Waals surface area contributed by atoms with Gasteiger partial charge < -0.3 is 10.2 Å². The van der Waals surface area contributed by atoms with Gasteiger partial charge in [-0.25, -0.2) is 4.39 Å². The number of nitrogens with zero attached hydrogens (tertiary/aromatic N) is 1. The average molecular weight is 495 g/mol. The Hall–Kier alpha value is -4.39. The summed E-state index contributed by atoms with van der Waals surface area (Å²) in [6, 6.07) is 16.1. The lowest BCUT2D eigenvalue weighted by Gasteiger charge is -2.37. The van der Waals surface area contributed by atoms with Gasteiger partial charge in [0.25, 0.3) is 0 Å². The third-order valence-corrected chi connectivity index (χ3v) is 7.81. The van der Waals surface area contributed by atoms with Crippen LogP contribution in [-0.2, 0) is 9.59 Å². The predicted molar refractivity (Wildman–Crippen MR) is 137 cm³/mol. The molecule has 1 N–H and O–H groups in total. The van der Waals surface area contributed by atoms with E-state index in [0.29, 0.717) is 16.9 Å². The zero-order valence-electron chi connectivity index (χ0n) is 20.2. The van der Waals surface area contributed by atoms with Crippen LogP contribution in [0.2, 0.25) is 0 Å². The van der Waals surface area contributed by atoms with Crippen molar-refractivity contribution in [2.75, 3.05) is 10.2 Å². The fourth-order valence-corrected chi connectivity index (χ4v) is 6.52. The number of carbonyl (C=O) groups excluding carboxylic acids is 4. The molecule has 1 fully saturated rings. The van der Waals surface area contributed by atoms with Gasteiger partial charge in [-0.3, -0.25) is 19.2 Å². The Bertz CT molecular complexity index is 1520. The molecule has 0 aromatic heterocycles. The molecule has 1 aliphatic carbocycles. The number of nitrogens with one attached hydrogen (secondary N) is 1. The van der Waals surface area contributed by atoms with Crippen molar-refractivity contribution in [3.05, 3.63) is 101 Å². The van der Waals surface area contributed by atoms with E-state index in [2.05, 4.69) is 5.32 Å². The third kappa shape index (κ3) is 2.97. The molecule has 0 unspecified atom stereocenters. The molecular weight excluding hydrogens is 471 g/mol. The van der Waals surface area contributed by atoms with E-state index in [-0.39, 0.29) is 28.4 Å². The summed E-state index contributed by atoms with van der Waals surface area (Å²) in [5.74, 6) is -3.02. The van der Waals surface area contributed by atoms with Crippen LogP contribution in [-0.4, -0.2) is 35.3 Å². The number of halogens is 1. The summed E-state index contributed by atoms with van der Waals surface area (Å²) in [6.45, 7) is 2.81.